The quantitative estimate of drug-likeness (QED) is 0.309. The standard InChI is InChI=1S/C27H22ClN5O2S/c1-34-21-12-10-17(11-13-21)22-15-36-27(31-22)33-26-25(35-26)24(23(32-33)18-6-3-2-4-7-18)30-16-29-20-9-5-8-19(28)14-20/h2-15,25-26,29H,16H2,1H3/b30-24+. The van der Waals surface area contributed by atoms with Crippen LogP contribution >= 0.6 is 22.9 Å². The molecule has 0 bridgehead atoms. The lowest BCUT2D eigenvalue weighted by Gasteiger charge is -2.21. The molecule has 1 fully saturated rings. The molecule has 6 rings (SSSR count). The fourth-order valence-corrected chi connectivity index (χ4v) is 5.04. The van der Waals surface area contributed by atoms with Gasteiger partial charge in [-0.2, -0.15) is 5.10 Å². The number of hydrogen-bond donors (Lipinski definition) is 1. The molecule has 0 radical (unpaired) electrons. The highest BCUT2D eigenvalue weighted by Crippen LogP contribution is 2.39. The highest BCUT2D eigenvalue weighted by atomic mass is 35.5. The van der Waals surface area contributed by atoms with E-state index < -0.39 is 0 Å². The molecule has 2 atom stereocenters. The number of anilines is 2. The summed E-state index contributed by atoms with van der Waals surface area (Å²) in [5.41, 5.74) is 5.39. The van der Waals surface area contributed by atoms with Gasteiger partial charge < -0.3 is 14.8 Å². The Morgan fingerprint density at radius 3 is 2.67 bits per heavy atom. The Kier molecular flexibility index (Phi) is 6.14. The van der Waals surface area contributed by atoms with E-state index in [2.05, 4.69) is 5.32 Å². The molecule has 0 spiro atoms. The number of nitrogens with one attached hydrogen (secondary N) is 1. The minimum Gasteiger partial charge on any atom is -0.497 e. The molecule has 180 valence electrons. The van der Waals surface area contributed by atoms with E-state index in [-0.39, 0.29) is 12.3 Å². The van der Waals surface area contributed by atoms with Crippen LogP contribution in [0.4, 0.5) is 10.8 Å². The third-order valence-electron chi connectivity index (χ3n) is 5.91. The van der Waals surface area contributed by atoms with Crippen LogP contribution in [0.15, 0.2) is 94.3 Å². The highest BCUT2D eigenvalue weighted by Gasteiger charge is 2.53. The van der Waals surface area contributed by atoms with Crippen molar-refractivity contribution in [2.45, 2.75) is 12.3 Å². The van der Waals surface area contributed by atoms with Crippen molar-refractivity contribution in [2.75, 3.05) is 24.1 Å². The molecule has 7 nitrogen and oxygen atoms in total. The van der Waals surface area contributed by atoms with Crippen LogP contribution in [-0.2, 0) is 4.74 Å². The van der Waals surface area contributed by atoms with Gasteiger partial charge in [-0.05, 0) is 42.5 Å². The molecule has 0 saturated carbocycles. The second kappa shape index (κ2) is 9.73. The van der Waals surface area contributed by atoms with Crippen molar-refractivity contribution in [1.29, 1.82) is 0 Å². The number of thiazole rings is 1. The molecule has 1 aromatic heterocycles. The summed E-state index contributed by atoms with van der Waals surface area (Å²) in [6.45, 7) is 0.382. The predicted molar refractivity (Wildman–Crippen MR) is 146 cm³/mol. The van der Waals surface area contributed by atoms with Crippen LogP contribution in [0.25, 0.3) is 11.3 Å². The lowest BCUT2D eigenvalue weighted by atomic mass is 10.0. The van der Waals surface area contributed by atoms with E-state index in [1.807, 2.05) is 89.3 Å². The van der Waals surface area contributed by atoms with Gasteiger partial charge in [-0.15, -0.1) is 11.3 Å². The van der Waals surface area contributed by atoms with Gasteiger partial charge in [0.2, 0.25) is 5.13 Å². The van der Waals surface area contributed by atoms with Gasteiger partial charge in [0.1, 0.15) is 18.1 Å². The van der Waals surface area contributed by atoms with E-state index >= 15 is 0 Å². The first kappa shape index (κ1) is 22.7. The number of methoxy groups -OCH3 is 1. The maximum Gasteiger partial charge on any atom is 0.209 e. The minimum absolute atomic E-state index is 0.174. The maximum atomic E-state index is 6.10. The molecule has 2 aliphatic rings. The fourth-order valence-electron chi connectivity index (χ4n) is 4.04. The number of aromatic nitrogens is 1. The molecule has 3 heterocycles. The Labute approximate surface area is 217 Å². The monoisotopic (exact) mass is 515 g/mol. The fraction of sp³-hybridized carbons (Fsp3) is 0.148. The zero-order valence-electron chi connectivity index (χ0n) is 19.3. The van der Waals surface area contributed by atoms with Crippen molar-refractivity contribution in [3.63, 3.8) is 0 Å². The van der Waals surface area contributed by atoms with E-state index in [0.29, 0.717) is 11.7 Å². The number of benzene rings is 3. The number of hydrazone groups is 1. The Balaban J connectivity index is 1.29. The third kappa shape index (κ3) is 4.58. The van der Waals surface area contributed by atoms with Gasteiger partial charge in [0.15, 0.2) is 12.3 Å². The van der Waals surface area contributed by atoms with Crippen molar-refractivity contribution in [3.8, 4) is 17.0 Å². The van der Waals surface area contributed by atoms with Crippen LogP contribution < -0.4 is 15.1 Å². The lowest BCUT2D eigenvalue weighted by molar-refractivity contribution is 0.390. The Hall–Kier alpha value is -3.72. The number of nitrogens with zero attached hydrogens (tertiary/aromatic N) is 4. The first-order valence-corrected chi connectivity index (χ1v) is 12.7. The molecular formula is C27H22ClN5O2S. The molecule has 4 aromatic rings. The van der Waals surface area contributed by atoms with Gasteiger partial charge in [-0.25, -0.2) is 9.99 Å². The number of aliphatic imine (C=N–C) groups is 1. The van der Waals surface area contributed by atoms with Crippen molar-refractivity contribution >= 4 is 45.2 Å². The summed E-state index contributed by atoms with van der Waals surface area (Å²) in [4.78, 5) is 9.69. The van der Waals surface area contributed by atoms with Crippen LogP contribution in [0, 0.1) is 0 Å². The molecule has 36 heavy (non-hydrogen) atoms. The maximum absolute atomic E-state index is 6.10. The van der Waals surface area contributed by atoms with Crippen LogP contribution in [0.5, 0.6) is 5.75 Å². The van der Waals surface area contributed by atoms with Crippen LogP contribution in [0.3, 0.4) is 0 Å². The Morgan fingerprint density at radius 2 is 1.89 bits per heavy atom. The number of hydrogen-bond acceptors (Lipinski definition) is 8. The normalized spacial score (nSPS) is 19.6. The highest BCUT2D eigenvalue weighted by molar-refractivity contribution is 7.14. The van der Waals surface area contributed by atoms with E-state index in [1.54, 1.807) is 7.11 Å². The van der Waals surface area contributed by atoms with Crippen molar-refractivity contribution in [3.05, 3.63) is 94.8 Å². The molecule has 2 aliphatic heterocycles. The number of epoxide rings is 1. The molecular weight excluding hydrogens is 494 g/mol. The largest absolute Gasteiger partial charge is 0.497 e. The smallest absolute Gasteiger partial charge is 0.209 e. The average Bonchev–Trinajstić information content (AvgIpc) is 3.57. The van der Waals surface area contributed by atoms with Gasteiger partial charge in [0.05, 0.1) is 18.5 Å². The predicted octanol–water partition coefficient (Wildman–Crippen LogP) is 5.93. The van der Waals surface area contributed by atoms with E-state index in [9.17, 15) is 0 Å². The summed E-state index contributed by atoms with van der Waals surface area (Å²) in [5, 5.41) is 13.6. The number of rotatable bonds is 7. The SMILES string of the molecule is COc1ccc(-c2csc(N3N=C(c4ccccc4)/C(=N\CNc4cccc(Cl)c4)C4OC43)n2)cc1. The Morgan fingerprint density at radius 1 is 1.06 bits per heavy atom. The number of ether oxygens (including phenoxy) is 2. The molecule has 2 unspecified atom stereocenters. The van der Waals surface area contributed by atoms with E-state index in [4.69, 9.17) is 36.2 Å². The van der Waals surface area contributed by atoms with E-state index in [0.717, 1.165) is 44.8 Å². The van der Waals surface area contributed by atoms with Crippen LogP contribution in [0.1, 0.15) is 5.56 Å². The first-order chi connectivity index (χ1) is 17.7. The second-order valence-corrected chi connectivity index (χ2v) is 9.51. The lowest BCUT2D eigenvalue weighted by Crippen LogP contribution is -2.37. The summed E-state index contributed by atoms with van der Waals surface area (Å²) in [5.74, 6) is 0.813. The summed E-state index contributed by atoms with van der Waals surface area (Å²) in [7, 11) is 1.66. The molecule has 3 aromatic carbocycles. The zero-order valence-corrected chi connectivity index (χ0v) is 20.9. The van der Waals surface area contributed by atoms with Gasteiger partial charge in [-0.1, -0.05) is 48.0 Å². The van der Waals surface area contributed by atoms with Gasteiger partial charge >= 0.3 is 0 Å². The van der Waals surface area contributed by atoms with Gasteiger partial charge in [-0.3, -0.25) is 4.99 Å². The second-order valence-electron chi connectivity index (χ2n) is 8.24. The topological polar surface area (TPSA) is 74.6 Å². The van der Waals surface area contributed by atoms with Crippen molar-refractivity contribution in [1.82, 2.24) is 4.98 Å². The number of halogens is 1. The number of fused-ring (bicyclic) bond motifs is 1. The van der Waals surface area contributed by atoms with Gasteiger partial charge in [0, 0.05) is 27.2 Å². The average molecular weight is 516 g/mol. The minimum atomic E-state index is -0.225. The van der Waals surface area contributed by atoms with Crippen LogP contribution in [0.2, 0.25) is 5.02 Å². The third-order valence-corrected chi connectivity index (χ3v) is 6.97. The molecule has 1 saturated heterocycles. The molecule has 1 N–H and O–H groups in total. The zero-order chi connectivity index (χ0) is 24.5. The summed E-state index contributed by atoms with van der Waals surface area (Å²) < 4.78 is 11.3. The molecule has 9 heteroatoms. The van der Waals surface area contributed by atoms with Crippen LogP contribution in [-0.4, -0.2) is 42.5 Å². The molecule has 0 aliphatic carbocycles. The Bertz CT molecular complexity index is 1440. The molecule has 0 amide bonds. The van der Waals surface area contributed by atoms with Crippen molar-refractivity contribution in [2.24, 2.45) is 10.1 Å². The van der Waals surface area contributed by atoms with Crippen molar-refractivity contribution < 1.29 is 9.47 Å². The summed E-state index contributed by atoms with van der Waals surface area (Å²) in [6.07, 6.45) is -0.399. The summed E-state index contributed by atoms with van der Waals surface area (Å²) >= 11 is 7.64. The first-order valence-electron chi connectivity index (χ1n) is 11.4. The summed E-state index contributed by atoms with van der Waals surface area (Å²) in [6, 6.07) is 25.5. The van der Waals surface area contributed by atoms with Gasteiger partial charge in [0.25, 0.3) is 0 Å². The van der Waals surface area contributed by atoms with E-state index in [1.165, 1.54) is 11.3 Å².